The van der Waals surface area contributed by atoms with E-state index in [1.807, 2.05) is 17.5 Å². The van der Waals surface area contributed by atoms with Gasteiger partial charge in [0.1, 0.15) is 18.6 Å². The topological polar surface area (TPSA) is 149 Å². The molecule has 2 amide bonds. The zero-order valence-corrected chi connectivity index (χ0v) is 20.5. The van der Waals surface area contributed by atoms with Gasteiger partial charge >= 0.3 is 6.03 Å². The number of anilines is 2. The number of hydrogen-bond donors (Lipinski definition) is 2. The highest BCUT2D eigenvalue weighted by molar-refractivity contribution is 6.00. The molecule has 12 nitrogen and oxygen atoms in total. The van der Waals surface area contributed by atoms with Gasteiger partial charge in [0.05, 0.1) is 35.7 Å². The minimum Gasteiger partial charge on any atom is -0.372 e. The minimum atomic E-state index is -0.393. The van der Waals surface area contributed by atoms with E-state index >= 15 is 0 Å². The van der Waals surface area contributed by atoms with E-state index in [0.29, 0.717) is 54.2 Å². The van der Waals surface area contributed by atoms with Gasteiger partial charge in [-0.15, -0.1) is 0 Å². The average molecular weight is 505 g/mol. The van der Waals surface area contributed by atoms with Gasteiger partial charge in [-0.1, -0.05) is 18.0 Å². The zero-order valence-electron chi connectivity index (χ0n) is 20.5. The Morgan fingerprint density at radius 1 is 1.24 bits per heavy atom. The van der Waals surface area contributed by atoms with Crippen molar-refractivity contribution in [3.05, 3.63) is 47.9 Å². The van der Waals surface area contributed by atoms with Crippen LogP contribution in [0.4, 0.5) is 16.2 Å². The number of aldehydes is 1. The van der Waals surface area contributed by atoms with E-state index in [2.05, 4.69) is 35.8 Å². The first-order chi connectivity index (χ1) is 18.1. The van der Waals surface area contributed by atoms with Crippen molar-refractivity contribution in [3.63, 3.8) is 0 Å². The summed E-state index contributed by atoms with van der Waals surface area (Å²) >= 11 is 0. The highest BCUT2D eigenvalue weighted by Crippen LogP contribution is 2.37. The number of aryl methyl sites for hydroxylation is 1. The van der Waals surface area contributed by atoms with Gasteiger partial charge in [-0.3, -0.25) is 4.98 Å². The Morgan fingerprint density at radius 3 is 2.92 bits per heavy atom. The van der Waals surface area contributed by atoms with Crippen molar-refractivity contribution < 1.29 is 18.8 Å². The fraction of sp³-hybridized carbons (Fsp3) is 0.400. The monoisotopic (exact) mass is 504 g/mol. The third-order valence-corrected chi connectivity index (χ3v) is 6.30. The molecule has 0 bridgehead atoms. The minimum absolute atomic E-state index is 0.159. The molecule has 1 aliphatic carbocycles. The van der Waals surface area contributed by atoms with Crippen LogP contribution in [0, 0.1) is 6.92 Å². The number of urea groups is 1. The maximum Gasteiger partial charge on any atom is 0.323 e. The third-order valence-electron chi connectivity index (χ3n) is 6.30. The number of carbonyl (C=O) groups is 2. The number of ether oxygens (including phenoxy) is 1. The Labute approximate surface area is 212 Å². The number of nitrogens with zero attached hydrogens (tertiary/aromatic N) is 6. The quantitative estimate of drug-likeness (QED) is 0.238. The normalized spacial score (nSPS) is 13.8. The summed E-state index contributed by atoms with van der Waals surface area (Å²) in [5.41, 5.74) is 4.22. The van der Waals surface area contributed by atoms with Crippen LogP contribution in [-0.2, 0) is 16.1 Å². The second kappa shape index (κ2) is 11.2. The summed E-state index contributed by atoms with van der Waals surface area (Å²) in [7, 11) is 0. The van der Waals surface area contributed by atoms with E-state index < -0.39 is 6.03 Å². The van der Waals surface area contributed by atoms with E-state index in [1.54, 1.807) is 24.7 Å². The predicted octanol–water partition coefficient (Wildman–Crippen LogP) is 4.28. The van der Waals surface area contributed by atoms with Crippen LogP contribution in [0.2, 0.25) is 0 Å². The molecule has 0 saturated heterocycles. The molecule has 12 heteroatoms. The van der Waals surface area contributed by atoms with Gasteiger partial charge in [0.2, 0.25) is 5.82 Å². The van der Waals surface area contributed by atoms with E-state index in [-0.39, 0.29) is 6.61 Å². The number of carbonyl (C=O) groups excluding carboxylic acids is 2. The number of nitrogens with one attached hydrogen (secondary N) is 2. The Bertz CT molecular complexity index is 1390. The molecule has 37 heavy (non-hydrogen) atoms. The van der Waals surface area contributed by atoms with E-state index in [1.165, 1.54) is 0 Å². The highest BCUT2D eigenvalue weighted by atomic mass is 16.5. The fourth-order valence-electron chi connectivity index (χ4n) is 4.58. The Balaban J connectivity index is 1.24. The maximum atomic E-state index is 12.9. The van der Waals surface area contributed by atoms with E-state index in [4.69, 9.17) is 9.26 Å². The average Bonchev–Trinajstić information content (AvgIpc) is 3.66. The van der Waals surface area contributed by atoms with Gasteiger partial charge in [-0.25, -0.2) is 14.3 Å². The molecule has 0 spiro atoms. The summed E-state index contributed by atoms with van der Waals surface area (Å²) < 4.78 is 12.5. The molecule has 0 unspecified atom stereocenters. The van der Waals surface area contributed by atoms with Crippen LogP contribution in [0.3, 0.4) is 0 Å². The van der Waals surface area contributed by atoms with Gasteiger partial charge in [0, 0.05) is 25.0 Å². The van der Waals surface area contributed by atoms with E-state index in [0.717, 1.165) is 48.9 Å². The molecule has 1 saturated carbocycles. The standard InChI is InChI=1S/C25H28N8O4/c1-16-12-18(13-27-22(16)24-31-21(37-32-24)15-36-11-5-4-10-34)29-25(35)30-19-14-26-20-8-9-28-33(20)23(19)17-6-2-3-7-17/h8-10,12-14,17H,2-7,11,15H2,1H3,(H2,29,30,35). The molecule has 1 aliphatic rings. The first kappa shape index (κ1) is 24.5. The molecule has 4 aromatic heterocycles. The zero-order chi connectivity index (χ0) is 25.6. The maximum absolute atomic E-state index is 12.9. The fourth-order valence-corrected chi connectivity index (χ4v) is 4.58. The number of aromatic nitrogens is 6. The lowest BCUT2D eigenvalue weighted by Gasteiger charge is -2.17. The van der Waals surface area contributed by atoms with Crippen molar-refractivity contribution in [1.82, 2.24) is 29.7 Å². The number of unbranched alkanes of at least 4 members (excludes halogenated alkanes) is 1. The second-order valence-electron chi connectivity index (χ2n) is 8.98. The third kappa shape index (κ3) is 5.64. The van der Waals surface area contributed by atoms with Crippen LogP contribution < -0.4 is 10.6 Å². The van der Waals surface area contributed by atoms with Gasteiger partial charge in [0.25, 0.3) is 5.89 Å². The van der Waals surface area contributed by atoms with E-state index in [9.17, 15) is 9.59 Å². The molecule has 5 rings (SSSR count). The number of rotatable bonds is 10. The van der Waals surface area contributed by atoms with Crippen molar-refractivity contribution in [3.8, 4) is 11.5 Å². The summed E-state index contributed by atoms with van der Waals surface area (Å²) in [5.74, 6) is 0.981. The van der Waals surface area contributed by atoms with Gasteiger partial charge in [-0.2, -0.15) is 10.1 Å². The smallest absolute Gasteiger partial charge is 0.323 e. The van der Waals surface area contributed by atoms with Crippen molar-refractivity contribution in [2.45, 2.75) is 58.0 Å². The highest BCUT2D eigenvalue weighted by Gasteiger charge is 2.24. The van der Waals surface area contributed by atoms with Gasteiger partial charge in [0.15, 0.2) is 5.65 Å². The van der Waals surface area contributed by atoms with Crippen LogP contribution in [0.1, 0.15) is 61.6 Å². The molecule has 0 aliphatic heterocycles. The van der Waals surface area contributed by atoms with Crippen LogP contribution >= 0.6 is 0 Å². The first-order valence-corrected chi connectivity index (χ1v) is 12.3. The van der Waals surface area contributed by atoms with Gasteiger partial charge in [-0.05, 0) is 37.8 Å². The largest absolute Gasteiger partial charge is 0.372 e. The predicted molar refractivity (Wildman–Crippen MR) is 134 cm³/mol. The second-order valence-corrected chi connectivity index (χ2v) is 8.98. The van der Waals surface area contributed by atoms with Crippen molar-refractivity contribution in [2.75, 3.05) is 17.2 Å². The van der Waals surface area contributed by atoms with Crippen LogP contribution in [0.25, 0.3) is 17.2 Å². The first-order valence-electron chi connectivity index (χ1n) is 12.3. The Hall–Kier alpha value is -4.19. The molecule has 0 aromatic carbocycles. The summed E-state index contributed by atoms with van der Waals surface area (Å²) in [6, 6.07) is 3.25. The van der Waals surface area contributed by atoms with Gasteiger partial charge < -0.3 is 24.7 Å². The van der Waals surface area contributed by atoms with Crippen molar-refractivity contribution in [2.24, 2.45) is 0 Å². The molecule has 1 fully saturated rings. The SMILES string of the molecule is Cc1cc(NC(=O)Nc2cnc3ccnn3c2C2CCCC2)cnc1-c1noc(COCCCC=O)n1. The lowest BCUT2D eigenvalue weighted by Crippen LogP contribution is -2.22. The molecule has 4 heterocycles. The lowest BCUT2D eigenvalue weighted by atomic mass is 10.0. The summed E-state index contributed by atoms with van der Waals surface area (Å²) in [6.45, 7) is 2.45. The molecule has 192 valence electrons. The van der Waals surface area contributed by atoms with Crippen LogP contribution in [-0.4, -0.2) is 48.6 Å². The lowest BCUT2D eigenvalue weighted by molar-refractivity contribution is -0.108. The summed E-state index contributed by atoms with van der Waals surface area (Å²) in [5, 5.41) is 14.2. The summed E-state index contributed by atoms with van der Waals surface area (Å²) in [6.07, 6.45) is 11.3. The van der Waals surface area contributed by atoms with Crippen molar-refractivity contribution in [1.29, 1.82) is 0 Å². The molecular formula is C25H28N8O4. The molecule has 0 atom stereocenters. The Kier molecular flexibility index (Phi) is 7.45. The Morgan fingerprint density at radius 2 is 2.11 bits per heavy atom. The van der Waals surface area contributed by atoms with Crippen molar-refractivity contribution >= 4 is 29.3 Å². The number of amides is 2. The molecule has 0 radical (unpaired) electrons. The van der Waals surface area contributed by atoms with Crippen LogP contribution in [0.5, 0.6) is 0 Å². The number of pyridine rings is 1. The molecular weight excluding hydrogens is 476 g/mol. The van der Waals surface area contributed by atoms with Crippen LogP contribution in [0.15, 0.2) is 35.2 Å². The number of fused-ring (bicyclic) bond motifs is 1. The molecule has 4 aromatic rings. The molecule has 2 N–H and O–H groups in total. The number of hydrogen-bond acceptors (Lipinski definition) is 9. The summed E-state index contributed by atoms with van der Waals surface area (Å²) in [4.78, 5) is 36.4.